The van der Waals surface area contributed by atoms with Gasteiger partial charge in [0.2, 0.25) is 0 Å². The molecule has 2 atom stereocenters. The Morgan fingerprint density at radius 3 is 2.56 bits per heavy atom. The van der Waals surface area contributed by atoms with Crippen LogP contribution in [0.4, 0.5) is 5.69 Å². The second-order valence-corrected chi connectivity index (χ2v) is 5.40. The summed E-state index contributed by atoms with van der Waals surface area (Å²) in [6.07, 6.45) is 6.69. The molecule has 1 fully saturated rings. The fourth-order valence-electron chi connectivity index (χ4n) is 2.41. The highest BCUT2D eigenvalue weighted by Gasteiger charge is 2.15. The molecule has 1 aromatic carbocycles. The number of anilines is 1. The Morgan fingerprint density at radius 1 is 1.06 bits per heavy atom. The maximum atomic E-state index is 5.87. The second-order valence-electron chi connectivity index (χ2n) is 4.96. The van der Waals surface area contributed by atoms with Gasteiger partial charge in [0.15, 0.2) is 0 Å². The van der Waals surface area contributed by atoms with E-state index in [2.05, 4.69) is 24.4 Å². The molecule has 1 saturated carbocycles. The predicted molar refractivity (Wildman–Crippen MR) is 71.1 cm³/mol. The summed E-state index contributed by atoms with van der Waals surface area (Å²) in [6, 6.07) is 8.67. The first kappa shape index (κ1) is 11.8. The first-order chi connectivity index (χ1) is 7.74. The third-order valence-electron chi connectivity index (χ3n) is 3.47. The van der Waals surface area contributed by atoms with Crippen molar-refractivity contribution in [3.8, 4) is 0 Å². The Morgan fingerprint density at radius 2 is 1.81 bits per heavy atom. The van der Waals surface area contributed by atoms with E-state index in [-0.39, 0.29) is 0 Å². The number of halogens is 1. The van der Waals surface area contributed by atoms with Crippen LogP contribution in [0, 0.1) is 5.92 Å². The zero-order chi connectivity index (χ0) is 11.4. The van der Waals surface area contributed by atoms with Gasteiger partial charge in [0.25, 0.3) is 0 Å². The molecule has 2 heteroatoms. The van der Waals surface area contributed by atoms with Crippen LogP contribution in [0.2, 0.25) is 5.02 Å². The Hall–Kier alpha value is -0.690. The van der Waals surface area contributed by atoms with Crippen LogP contribution in [0.3, 0.4) is 0 Å². The quantitative estimate of drug-likeness (QED) is 0.734. The first-order valence-electron chi connectivity index (χ1n) is 6.26. The van der Waals surface area contributed by atoms with Gasteiger partial charge in [-0.15, -0.1) is 0 Å². The molecule has 1 aromatic rings. The van der Waals surface area contributed by atoms with Crippen molar-refractivity contribution < 1.29 is 0 Å². The molecule has 0 heterocycles. The van der Waals surface area contributed by atoms with Crippen molar-refractivity contribution in [2.24, 2.45) is 5.92 Å². The monoisotopic (exact) mass is 237 g/mol. The molecule has 0 amide bonds. The van der Waals surface area contributed by atoms with Gasteiger partial charge in [0, 0.05) is 16.8 Å². The molecular formula is C14H20ClN. The number of benzene rings is 1. The smallest absolute Gasteiger partial charge is 0.0407 e. The highest BCUT2D eigenvalue weighted by atomic mass is 35.5. The van der Waals surface area contributed by atoms with Gasteiger partial charge >= 0.3 is 0 Å². The normalized spacial score (nSPS) is 26.1. The minimum atomic E-state index is 0.645. The van der Waals surface area contributed by atoms with E-state index >= 15 is 0 Å². The molecule has 1 aliphatic carbocycles. The van der Waals surface area contributed by atoms with Crippen LogP contribution in [0.25, 0.3) is 0 Å². The average Bonchev–Trinajstić information content (AvgIpc) is 2.47. The SMILES string of the molecule is CC1CCCC(Nc2ccc(Cl)cc2)CC1. The molecular weight excluding hydrogens is 218 g/mol. The van der Waals surface area contributed by atoms with Crippen molar-refractivity contribution in [1.82, 2.24) is 0 Å². The minimum absolute atomic E-state index is 0.645. The van der Waals surface area contributed by atoms with E-state index in [1.54, 1.807) is 0 Å². The number of hydrogen-bond donors (Lipinski definition) is 1. The van der Waals surface area contributed by atoms with E-state index in [9.17, 15) is 0 Å². The van der Waals surface area contributed by atoms with Crippen molar-refractivity contribution >= 4 is 17.3 Å². The minimum Gasteiger partial charge on any atom is -0.382 e. The molecule has 0 aromatic heterocycles. The zero-order valence-corrected chi connectivity index (χ0v) is 10.6. The molecule has 0 radical (unpaired) electrons. The molecule has 2 rings (SSSR count). The highest BCUT2D eigenvalue weighted by molar-refractivity contribution is 6.30. The molecule has 1 aliphatic rings. The summed E-state index contributed by atoms with van der Waals surface area (Å²) < 4.78 is 0. The molecule has 0 saturated heterocycles. The largest absolute Gasteiger partial charge is 0.382 e. The standard InChI is InChI=1S/C14H20ClN/c1-11-3-2-4-13(8-5-11)16-14-9-6-12(15)7-10-14/h6-7,9-11,13,16H,2-5,8H2,1H3. The van der Waals surface area contributed by atoms with Gasteiger partial charge in [-0.3, -0.25) is 0 Å². The van der Waals surface area contributed by atoms with Crippen LogP contribution in [-0.4, -0.2) is 6.04 Å². The Bertz CT molecular complexity index is 320. The molecule has 1 N–H and O–H groups in total. The van der Waals surface area contributed by atoms with E-state index in [4.69, 9.17) is 11.6 Å². The Balaban J connectivity index is 1.91. The van der Waals surface area contributed by atoms with E-state index in [1.165, 1.54) is 37.8 Å². The second kappa shape index (κ2) is 5.58. The maximum absolute atomic E-state index is 5.87. The van der Waals surface area contributed by atoms with Crippen LogP contribution >= 0.6 is 11.6 Å². The average molecular weight is 238 g/mol. The molecule has 0 bridgehead atoms. The van der Waals surface area contributed by atoms with Crippen molar-refractivity contribution in [1.29, 1.82) is 0 Å². The molecule has 0 spiro atoms. The van der Waals surface area contributed by atoms with Gasteiger partial charge in [-0.1, -0.05) is 31.4 Å². The van der Waals surface area contributed by atoms with Crippen LogP contribution < -0.4 is 5.32 Å². The van der Waals surface area contributed by atoms with Gasteiger partial charge in [-0.05, 0) is 49.4 Å². The highest BCUT2D eigenvalue weighted by Crippen LogP contribution is 2.25. The van der Waals surface area contributed by atoms with Crippen molar-refractivity contribution in [2.45, 2.75) is 45.1 Å². The maximum Gasteiger partial charge on any atom is 0.0407 e. The molecule has 88 valence electrons. The number of hydrogen-bond acceptors (Lipinski definition) is 1. The van der Waals surface area contributed by atoms with E-state index < -0.39 is 0 Å². The van der Waals surface area contributed by atoms with Crippen molar-refractivity contribution in [3.63, 3.8) is 0 Å². The lowest BCUT2D eigenvalue weighted by Gasteiger charge is -2.17. The third-order valence-corrected chi connectivity index (χ3v) is 3.72. The summed E-state index contributed by atoms with van der Waals surface area (Å²) in [5.74, 6) is 0.900. The summed E-state index contributed by atoms with van der Waals surface area (Å²) in [5, 5.41) is 4.42. The van der Waals surface area contributed by atoms with Crippen LogP contribution in [0.15, 0.2) is 24.3 Å². The predicted octanol–water partition coefficient (Wildman–Crippen LogP) is 4.72. The molecule has 2 unspecified atom stereocenters. The van der Waals surface area contributed by atoms with Gasteiger partial charge in [-0.2, -0.15) is 0 Å². The molecule has 16 heavy (non-hydrogen) atoms. The van der Waals surface area contributed by atoms with Crippen molar-refractivity contribution in [2.75, 3.05) is 5.32 Å². The molecule has 0 aliphatic heterocycles. The van der Waals surface area contributed by atoms with E-state index in [0.717, 1.165) is 10.9 Å². The summed E-state index contributed by atoms with van der Waals surface area (Å²) in [7, 11) is 0. The van der Waals surface area contributed by atoms with Gasteiger partial charge in [0.05, 0.1) is 0 Å². The number of nitrogens with one attached hydrogen (secondary N) is 1. The summed E-state index contributed by atoms with van der Waals surface area (Å²) in [4.78, 5) is 0. The van der Waals surface area contributed by atoms with Gasteiger partial charge in [0.1, 0.15) is 0 Å². The first-order valence-corrected chi connectivity index (χ1v) is 6.64. The lowest BCUT2D eigenvalue weighted by Crippen LogP contribution is -2.18. The topological polar surface area (TPSA) is 12.0 Å². The lowest BCUT2D eigenvalue weighted by atomic mass is 10.0. The summed E-state index contributed by atoms with van der Waals surface area (Å²) in [5.41, 5.74) is 1.20. The fourth-order valence-corrected chi connectivity index (χ4v) is 2.54. The lowest BCUT2D eigenvalue weighted by molar-refractivity contribution is 0.502. The van der Waals surface area contributed by atoms with Gasteiger partial charge in [-0.25, -0.2) is 0 Å². The van der Waals surface area contributed by atoms with E-state index in [0.29, 0.717) is 6.04 Å². The Labute approximate surface area is 103 Å². The van der Waals surface area contributed by atoms with Crippen LogP contribution in [0.5, 0.6) is 0 Å². The van der Waals surface area contributed by atoms with Crippen LogP contribution in [-0.2, 0) is 0 Å². The molecule has 1 nitrogen and oxygen atoms in total. The third kappa shape index (κ3) is 3.41. The fraction of sp³-hybridized carbons (Fsp3) is 0.571. The summed E-state index contributed by atoms with van der Waals surface area (Å²) in [6.45, 7) is 2.37. The van der Waals surface area contributed by atoms with Crippen LogP contribution in [0.1, 0.15) is 39.0 Å². The Kier molecular flexibility index (Phi) is 4.11. The summed E-state index contributed by atoms with van der Waals surface area (Å²) >= 11 is 5.87. The number of rotatable bonds is 2. The zero-order valence-electron chi connectivity index (χ0n) is 9.88. The van der Waals surface area contributed by atoms with Gasteiger partial charge < -0.3 is 5.32 Å². The van der Waals surface area contributed by atoms with E-state index in [1.807, 2.05) is 12.1 Å². The van der Waals surface area contributed by atoms with Crippen molar-refractivity contribution in [3.05, 3.63) is 29.3 Å².